The summed E-state index contributed by atoms with van der Waals surface area (Å²) in [4.78, 5) is 28.5. The normalized spacial score (nSPS) is 16.2. The van der Waals surface area contributed by atoms with Gasteiger partial charge in [0.25, 0.3) is 11.8 Å². The predicted molar refractivity (Wildman–Crippen MR) is 112 cm³/mol. The number of anilines is 1. The molecule has 140 valence electrons. The summed E-state index contributed by atoms with van der Waals surface area (Å²) in [5.74, 6) is -0.172. The Morgan fingerprint density at radius 3 is 2.70 bits per heavy atom. The summed E-state index contributed by atoms with van der Waals surface area (Å²) in [6.45, 7) is 6.04. The molecule has 0 saturated heterocycles. The van der Waals surface area contributed by atoms with Crippen LogP contribution in [0.5, 0.6) is 0 Å². The monoisotopic (exact) mass is 380 g/mol. The number of hydrogen-bond donors (Lipinski definition) is 1. The number of hydrogen-bond acceptors (Lipinski definition) is 3. The highest BCUT2D eigenvalue weighted by Gasteiger charge is 2.27. The summed E-state index contributed by atoms with van der Waals surface area (Å²) in [6, 6.07) is 13.6. The molecular formula is C22H24N2O2S. The van der Waals surface area contributed by atoms with Gasteiger partial charge in [-0.3, -0.25) is 9.59 Å². The Bertz CT molecular complexity index is 920. The molecule has 0 spiro atoms. The summed E-state index contributed by atoms with van der Waals surface area (Å²) in [5, 5.41) is 2.97. The van der Waals surface area contributed by atoms with E-state index in [4.69, 9.17) is 0 Å². The standard InChI is InChI=1S/C22H24N2O2S/c1-5-15(3)23-21(25)17-10-11-19-18(12-17)24(4)22(26)20(27-19)13-16-9-7-6-8-14(16)2/h6-13,15H,5H2,1-4H3,(H,23,25)/b20-13-/t15-/m0/s1. The van der Waals surface area contributed by atoms with Gasteiger partial charge < -0.3 is 10.2 Å². The summed E-state index contributed by atoms with van der Waals surface area (Å²) >= 11 is 1.45. The van der Waals surface area contributed by atoms with Crippen molar-refractivity contribution in [3.8, 4) is 0 Å². The molecule has 0 aromatic heterocycles. The van der Waals surface area contributed by atoms with E-state index >= 15 is 0 Å². The molecule has 0 radical (unpaired) electrons. The van der Waals surface area contributed by atoms with Gasteiger partial charge in [-0.15, -0.1) is 0 Å². The molecule has 1 aliphatic rings. The molecule has 27 heavy (non-hydrogen) atoms. The first-order chi connectivity index (χ1) is 12.9. The molecule has 1 N–H and O–H groups in total. The number of benzene rings is 2. The van der Waals surface area contributed by atoms with Crippen LogP contribution in [0.1, 0.15) is 41.8 Å². The average molecular weight is 381 g/mol. The highest BCUT2D eigenvalue weighted by Crippen LogP contribution is 2.42. The maximum absolute atomic E-state index is 12.8. The van der Waals surface area contributed by atoms with Gasteiger partial charge in [-0.25, -0.2) is 0 Å². The number of carbonyl (C=O) groups is 2. The van der Waals surface area contributed by atoms with Crippen molar-refractivity contribution in [2.75, 3.05) is 11.9 Å². The van der Waals surface area contributed by atoms with E-state index < -0.39 is 0 Å². The quantitative estimate of drug-likeness (QED) is 0.787. The van der Waals surface area contributed by atoms with Crippen LogP contribution in [0, 0.1) is 6.92 Å². The number of rotatable bonds is 4. The highest BCUT2D eigenvalue weighted by molar-refractivity contribution is 8.04. The third-order valence-electron chi connectivity index (χ3n) is 4.78. The van der Waals surface area contributed by atoms with E-state index in [0.717, 1.165) is 28.1 Å². The van der Waals surface area contributed by atoms with Crippen molar-refractivity contribution in [3.63, 3.8) is 0 Å². The lowest BCUT2D eigenvalue weighted by atomic mass is 10.1. The van der Waals surface area contributed by atoms with E-state index in [1.165, 1.54) is 11.8 Å². The van der Waals surface area contributed by atoms with E-state index in [1.54, 1.807) is 18.0 Å². The van der Waals surface area contributed by atoms with Crippen molar-refractivity contribution in [2.24, 2.45) is 0 Å². The van der Waals surface area contributed by atoms with Crippen molar-refractivity contribution >= 4 is 35.3 Å². The Kier molecular flexibility index (Phi) is 5.71. The Morgan fingerprint density at radius 1 is 1.26 bits per heavy atom. The molecule has 1 aliphatic heterocycles. The van der Waals surface area contributed by atoms with Crippen LogP contribution in [0.25, 0.3) is 6.08 Å². The summed E-state index contributed by atoms with van der Waals surface area (Å²) in [6.07, 6.45) is 2.81. The number of carbonyl (C=O) groups excluding carboxylic acids is 2. The number of aryl methyl sites for hydroxylation is 1. The van der Waals surface area contributed by atoms with Crippen LogP contribution in [0.15, 0.2) is 52.3 Å². The minimum atomic E-state index is -0.112. The second-order valence-electron chi connectivity index (χ2n) is 6.80. The summed E-state index contributed by atoms with van der Waals surface area (Å²) in [7, 11) is 1.75. The molecule has 0 bridgehead atoms. The second kappa shape index (κ2) is 8.01. The average Bonchev–Trinajstić information content (AvgIpc) is 2.67. The lowest BCUT2D eigenvalue weighted by Crippen LogP contribution is -2.33. The van der Waals surface area contributed by atoms with E-state index in [1.807, 2.05) is 63.2 Å². The molecule has 0 fully saturated rings. The van der Waals surface area contributed by atoms with Gasteiger partial charge in [0.05, 0.1) is 10.6 Å². The first-order valence-electron chi connectivity index (χ1n) is 9.09. The SMILES string of the molecule is CC[C@H](C)NC(=O)c1ccc2c(c1)N(C)C(=O)/C(=C/c1ccccc1C)S2. The molecule has 0 unspecified atom stereocenters. The molecular weight excluding hydrogens is 356 g/mol. The fraction of sp³-hybridized carbons (Fsp3) is 0.273. The molecule has 2 aromatic carbocycles. The van der Waals surface area contributed by atoms with Crippen LogP contribution in [-0.4, -0.2) is 24.9 Å². The van der Waals surface area contributed by atoms with Crippen LogP contribution in [0.2, 0.25) is 0 Å². The van der Waals surface area contributed by atoms with Crippen molar-refractivity contribution in [1.82, 2.24) is 5.32 Å². The third kappa shape index (κ3) is 4.08. The van der Waals surface area contributed by atoms with E-state index in [0.29, 0.717) is 10.5 Å². The zero-order chi connectivity index (χ0) is 19.6. The number of fused-ring (bicyclic) bond motifs is 1. The number of nitrogens with zero attached hydrogens (tertiary/aromatic N) is 1. The predicted octanol–water partition coefficient (Wildman–Crippen LogP) is 4.63. The molecule has 1 atom stereocenters. The number of thioether (sulfide) groups is 1. The van der Waals surface area contributed by atoms with Gasteiger partial charge >= 0.3 is 0 Å². The molecule has 2 aromatic rings. The minimum absolute atomic E-state index is 0.0600. The molecule has 2 amide bonds. The van der Waals surface area contributed by atoms with Crippen LogP contribution in [-0.2, 0) is 4.79 Å². The van der Waals surface area contributed by atoms with E-state index in [9.17, 15) is 9.59 Å². The van der Waals surface area contributed by atoms with E-state index in [2.05, 4.69) is 5.32 Å². The molecule has 0 aliphatic carbocycles. The fourth-order valence-corrected chi connectivity index (χ4v) is 3.92. The number of nitrogens with one attached hydrogen (secondary N) is 1. The van der Waals surface area contributed by atoms with Crippen molar-refractivity contribution < 1.29 is 9.59 Å². The summed E-state index contributed by atoms with van der Waals surface area (Å²) < 4.78 is 0. The Hall–Kier alpha value is -2.53. The van der Waals surface area contributed by atoms with Crippen LogP contribution >= 0.6 is 11.8 Å². The molecule has 0 saturated carbocycles. The first kappa shape index (κ1) is 19.2. The Morgan fingerprint density at radius 2 is 2.00 bits per heavy atom. The Labute approximate surface area is 164 Å². The minimum Gasteiger partial charge on any atom is -0.350 e. The highest BCUT2D eigenvalue weighted by atomic mass is 32.2. The maximum Gasteiger partial charge on any atom is 0.264 e. The summed E-state index contributed by atoms with van der Waals surface area (Å²) in [5.41, 5.74) is 3.50. The van der Waals surface area contributed by atoms with Crippen molar-refractivity contribution in [2.45, 2.75) is 38.1 Å². The van der Waals surface area contributed by atoms with Crippen LogP contribution < -0.4 is 10.2 Å². The lowest BCUT2D eigenvalue weighted by molar-refractivity contribution is -0.114. The number of likely N-dealkylation sites (N-methyl/N-ethyl adjacent to an activating group) is 1. The lowest BCUT2D eigenvalue weighted by Gasteiger charge is -2.27. The van der Waals surface area contributed by atoms with Gasteiger partial charge in [0.15, 0.2) is 0 Å². The van der Waals surface area contributed by atoms with E-state index in [-0.39, 0.29) is 17.9 Å². The number of amides is 2. The van der Waals surface area contributed by atoms with Gasteiger partial charge in [-0.05, 0) is 55.7 Å². The smallest absolute Gasteiger partial charge is 0.264 e. The third-order valence-corrected chi connectivity index (χ3v) is 5.86. The largest absolute Gasteiger partial charge is 0.350 e. The van der Waals surface area contributed by atoms with Gasteiger partial charge in [-0.1, -0.05) is 43.0 Å². The van der Waals surface area contributed by atoms with Gasteiger partial charge in [-0.2, -0.15) is 0 Å². The zero-order valence-electron chi connectivity index (χ0n) is 16.1. The molecule has 1 heterocycles. The van der Waals surface area contributed by atoms with Gasteiger partial charge in [0, 0.05) is 23.5 Å². The Balaban J connectivity index is 1.91. The fourth-order valence-electron chi connectivity index (χ4n) is 2.83. The topological polar surface area (TPSA) is 49.4 Å². The van der Waals surface area contributed by atoms with Crippen molar-refractivity contribution in [1.29, 1.82) is 0 Å². The van der Waals surface area contributed by atoms with Crippen LogP contribution in [0.4, 0.5) is 5.69 Å². The van der Waals surface area contributed by atoms with Crippen molar-refractivity contribution in [3.05, 3.63) is 64.1 Å². The molecule has 3 rings (SSSR count). The molecule has 4 nitrogen and oxygen atoms in total. The zero-order valence-corrected chi connectivity index (χ0v) is 16.9. The first-order valence-corrected chi connectivity index (χ1v) is 9.90. The second-order valence-corrected chi connectivity index (χ2v) is 7.88. The van der Waals surface area contributed by atoms with Crippen LogP contribution in [0.3, 0.4) is 0 Å². The maximum atomic E-state index is 12.8. The van der Waals surface area contributed by atoms with Gasteiger partial charge in [0.2, 0.25) is 0 Å². The van der Waals surface area contributed by atoms with Gasteiger partial charge in [0.1, 0.15) is 0 Å². The molecule has 5 heteroatoms.